The van der Waals surface area contributed by atoms with Gasteiger partial charge in [-0.25, -0.2) is 0 Å². The third kappa shape index (κ3) is 3.68. The summed E-state index contributed by atoms with van der Waals surface area (Å²) in [5.41, 5.74) is 5.00. The highest BCUT2D eigenvalue weighted by molar-refractivity contribution is 6.03. The number of aryl methyl sites for hydroxylation is 1. The number of rotatable bonds is 5. The molecule has 7 nitrogen and oxygen atoms in total. The first-order valence-electron chi connectivity index (χ1n) is 9.34. The van der Waals surface area contributed by atoms with Crippen molar-refractivity contribution in [3.8, 4) is 0 Å². The number of ketones is 1. The van der Waals surface area contributed by atoms with E-state index in [2.05, 4.69) is 6.07 Å². The molecule has 0 amide bonds. The number of benzene rings is 1. The summed E-state index contributed by atoms with van der Waals surface area (Å²) < 4.78 is 10.9. The molecular formula is C20H28O7. The Kier molecular flexibility index (Phi) is 6.00. The Bertz CT molecular complexity index is 715. The van der Waals surface area contributed by atoms with Crippen LogP contribution in [0.5, 0.6) is 0 Å². The first-order chi connectivity index (χ1) is 12.8. The first-order valence-corrected chi connectivity index (χ1v) is 9.34. The number of hydrogen-bond donors (Lipinski definition) is 4. The van der Waals surface area contributed by atoms with Crippen molar-refractivity contribution in [1.82, 2.24) is 0 Å². The van der Waals surface area contributed by atoms with Crippen LogP contribution in [0.25, 0.3) is 0 Å². The highest BCUT2D eigenvalue weighted by Crippen LogP contribution is 2.33. The van der Waals surface area contributed by atoms with Gasteiger partial charge in [0.25, 0.3) is 0 Å². The molecule has 4 N–H and O–H groups in total. The van der Waals surface area contributed by atoms with E-state index in [0.29, 0.717) is 6.42 Å². The zero-order chi connectivity index (χ0) is 19.9. The van der Waals surface area contributed by atoms with Crippen LogP contribution < -0.4 is 0 Å². The van der Waals surface area contributed by atoms with Crippen molar-refractivity contribution in [2.45, 2.75) is 64.3 Å². The minimum absolute atomic E-state index is 0.0127. The van der Waals surface area contributed by atoms with Crippen LogP contribution in [0.3, 0.4) is 0 Å². The highest BCUT2D eigenvalue weighted by Gasteiger charge is 2.44. The van der Waals surface area contributed by atoms with Gasteiger partial charge >= 0.3 is 0 Å². The van der Waals surface area contributed by atoms with Crippen molar-refractivity contribution in [3.63, 3.8) is 0 Å². The summed E-state index contributed by atoms with van der Waals surface area (Å²) in [7, 11) is 0. The minimum Gasteiger partial charge on any atom is -0.394 e. The fourth-order valence-corrected chi connectivity index (χ4v) is 4.15. The number of aliphatic hydroxyl groups is 4. The Balaban J connectivity index is 1.69. The zero-order valence-electron chi connectivity index (χ0n) is 15.9. The predicted octanol–water partition coefficient (Wildman–Crippen LogP) is 0.0373. The average molecular weight is 380 g/mol. The minimum atomic E-state index is -1.46. The van der Waals surface area contributed by atoms with Gasteiger partial charge in [-0.05, 0) is 48.9 Å². The van der Waals surface area contributed by atoms with Gasteiger partial charge in [-0.1, -0.05) is 13.0 Å². The molecular weight excluding hydrogens is 352 g/mol. The molecule has 3 rings (SSSR count). The molecule has 1 fully saturated rings. The molecule has 0 bridgehead atoms. The number of carbonyl (C=O) groups excluding carboxylic acids is 1. The lowest BCUT2D eigenvalue weighted by Crippen LogP contribution is -2.59. The molecule has 2 aliphatic rings. The molecule has 7 heteroatoms. The monoisotopic (exact) mass is 380 g/mol. The van der Waals surface area contributed by atoms with E-state index in [1.165, 1.54) is 0 Å². The molecule has 1 aliphatic carbocycles. The van der Waals surface area contributed by atoms with Gasteiger partial charge in [0.2, 0.25) is 0 Å². The maximum atomic E-state index is 12.4. The van der Waals surface area contributed by atoms with Crippen LogP contribution in [0.2, 0.25) is 0 Å². The fourth-order valence-electron chi connectivity index (χ4n) is 4.15. The van der Waals surface area contributed by atoms with Gasteiger partial charge in [0.15, 0.2) is 12.1 Å². The van der Waals surface area contributed by atoms with Crippen molar-refractivity contribution < 1.29 is 34.7 Å². The number of aliphatic hydroxyl groups excluding tert-OH is 4. The summed E-state index contributed by atoms with van der Waals surface area (Å²) in [6.45, 7) is 5.61. The van der Waals surface area contributed by atoms with Crippen LogP contribution in [0.15, 0.2) is 6.07 Å². The van der Waals surface area contributed by atoms with Crippen molar-refractivity contribution in [2.75, 3.05) is 13.2 Å². The largest absolute Gasteiger partial charge is 0.394 e. The van der Waals surface area contributed by atoms with Gasteiger partial charge in [-0.2, -0.15) is 0 Å². The maximum absolute atomic E-state index is 12.4. The second kappa shape index (κ2) is 7.95. The van der Waals surface area contributed by atoms with E-state index in [1.54, 1.807) is 0 Å². The van der Waals surface area contributed by atoms with Gasteiger partial charge < -0.3 is 29.9 Å². The molecule has 1 aliphatic heterocycles. The Morgan fingerprint density at radius 1 is 1.19 bits per heavy atom. The third-order valence-electron chi connectivity index (χ3n) is 5.72. The van der Waals surface area contributed by atoms with Crippen LogP contribution in [0, 0.1) is 19.8 Å². The third-order valence-corrected chi connectivity index (χ3v) is 5.72. The number of Topliss-reactive ketones (excluding diaryl/α,β-unsaturated/α-hetero) is 1. The molecule has 1 aromatic rings. The Labute approximate surface area is 158 Å². The highest BCUT2D eigenvalue weighted by atomic mass is 16.7. The fraction of sp³-hybridized carbons (Fsp3) is 0.650. The summed E-state index contributed by atoms with van der Waals surface area (Å²) in [5.74, 6) is 0.192. The van der Waals surface area contributed by atoms with Gasteiger partial charge in [-0.3, -0.25) is 4.79 Å². The Hall–Kier alpha value is -1.35. The summed E-state index contributed by atoms with van der Waals surface area (Å²) >= 11 is 0. The molecule has 1 heterocycles. The first kappa shape index (κ1) is 20.4. The lowest BCUT2D eigenvalue weighted by atomic mass is 9.92. The topological polar surface area (TPSA) is 116 Å². The van der Waals surface area contributed by atoms with E-state index >= 15 is 0 Å². The second-order valence-corrected chi connectivity index (χ2v) is 7.62. The SMILES string of the molecule is Cc1cc2c(c(C)c1CCO[C@H]1O[C@@H](CO)[C@H](O)[C@@H](O)[C@@H]1O)C(=O)[C@H](C)C2. The molecule has 0 unspecified atom stereocenters. The molecule has 0 aromatic heterocycles. The molecule has 0 radical (unpaired) electrons. The number of hydrogen-bond acceptors (Lipinski definition) is 7. The van der Waals surface area contributed by atoms with Gasteiger partial charge in [-0.15, -0.1) is 0 Å². The Morgan fingerprint density at radius 2 is 1.89 bits per heavy atom. The quantitative estimate of drug-likeness (QED) is 0.570. The molecule has 6 atom stereocenters. The number of ether oxygens (including phenoxy) is 2. The van der Waals surface area contributed by atoms with E-state index in [9.17, 15) is 25.2 Å². The van der Waals surface area contributed by atoms with E-state index < -0.39 is 37.3 Å². The number of fused-ring (bicyclic) bond motifs is 1. The average Bonchev–Trinajstić information content (AvgIpc) is 2.91. The summed E-state index contributed by atoms with van der Waals surface area (Å²) in [6.07, 6.45) is -5.11. The van der Waals surface area contributed by atoms with Crippen molar-refractivity contribution in [1.29, 1.82) is 0 Å². The molecule has 1 saturated heterocycles. The van der Waals surface area contributed by atoms with Crippen LogP contribution in [0.1, 0.15) is 39.5 Å². The van der Waals surface area contributed by atoms with Crippen LogP contribution >= 0.6 is 0 Å². The molecule has 0 spiro atoms. The van der Waals surface area contributed by atoms with Gasteiger partial charge in [0.05, 0.1) is 13.2 Å². The van der Waals surface area contributed by atoms with E-state index in [4.69, 9.17) is 9.47 Å². The van der Waals surface area contributed by atoms with Gasteiger partial charge in [0, 0.05) is 11.5 Å². The molecule has 1 aromatic carbocycles. The smallest absolute Gasteiger partial charge is 0.186 e. The van der Waals surface area contributed by atoms with Crippen LogP contribution in [0.4, 0.5) is 0 Å². The Morgan fingerprint density at radius 3 is 2.56 bits per heavy atom. The molecule has 0 saturated carbocycles. The van der Waals surface area contributed by atoms with Crippen molar-refractivity contribution >= 4 is 5.78 Å². The zero-order valence-corrected chi connectivity index (χ0v) is 15.9. The second-order valence-electron chi connectivity index (χ2n) is 7.62. The standard InChI is InChI=1S/C20H28O7/c1-9-6-12-7-10(2)16(22)15(12)11(3)13(9)4-5-26-20-19(25)18(24)17(23)14(8-21)27-20/h6,10,14,17-21,23-25H,4-5,7-8H2,1-3H3/t10-,14+,17+,18-,19+,20+/m1/s1. The summed E-state index contributed by atoms with van der Waals surface area (Å²) in [6, 6.07) is 2.06. The van der Waals surface area contributed by atoms with E-state index in [1.807, 2.05) is 20.8 Å². The maximum Gasteiger partial charge on any atom is 0.186 e. The van der Waals surface area contributed by atoms with Gasteiger partial charge in [0.1, 0.15) is 24.4 Å². The van der Waals surface area contributed by atoms with Crippen LogP contribution in [-0.2, 0) is 22.3 Å². The summed E-state index contributed by atoms with van der Waals surface area (Å²) in [4.78, 5) is 12.4. The van der Waals surface area contributed by atoms with Crippen molar-refractivity contribution in [2.24, 2.45) is 5.92 Å². The van der Waals surface area contributed by atoms with E-state index in [0.717, 1.165) is 34.2 Å². The lowest BCUT2D eigenvalue weighted by Gasteiger charge is -2.39. The normalized spacial score (nSPS) is 33.4. The van der Waals surface area contributed by atoms with E-state index in [-0.39, 0.29) is 18.3 Å². The molecule has 27 heavy (non-hydrogen) atoms. The predicted molar refractivity (Wildman–Crippen MR) is 96.5 cm³/mol. The van der Waals surface area contributed by atoms with Crippen LogP contribution in [-0.4, -0.2) is 70.1 Å². The lowest BCUT2D eigenvalue weighted by molar-refractivity contribution is -0.300. The number of carbonyl (C=O) groups is 1. The molecule has 150 valence electrons. The van der Waals surface area contributed by atoms with Crippen molar-refractivity contribution in [3.05, 3.63) is 33.9 Å². The summed E-state index contributed by atoms with van der Waals surface area (Å²) in [5, 5.41) is 38.9.